The molecule has 2 aromatic rings. The predicted molar refractivity (Wildman–Crippen MR) is 142 cm³/mol. The molecular weight excluding hydrogens is 488 g/mol. The van der Waals surface area contributed by atoms with E-state index in [1.54, 1.807) is 33.3 Å². The minimum Gasteiger partial charge on any atom is -0.340 e. The molecule has 0 bridgehead atoms. The molecular formula is C28H34N4O4S. The van der Waals surface area contributed by atoms with Gasteiger partial charge in [0, 0.05) is 17.0 Å². The van der Waals surface area contributed by atoms with E-state index in [2.05, 4.69) is 10.6 Å². The van der Waals surface area contributed by atoms with Crippen molar-refractivity contribution < 1.29 is 19.2 Å². The highest BCUT2D eigenvalue weighted by atomic mass is 32.1. The van der Waals surface area contributed by atoms with Crippen LogP contribution in [-0.4, -0.2) is 77.1 Å². The summed E-state index contributed by atoms with van der Waals surface area (Å²) in [5.74, 6) is -0.521. The fraction of sp³-hybridized carbons (Fsp3) is 0.500. The van der Waals surface area contributed by atoms with E-state index in [0.717, 1.165) is 29.8 Å². The van der Waals surface area contributed by atoms with Gasteiger partial charge in [-0.1, -0.05) is 32.0 Å². The summed E-state index contributed by atoms with van der Waals surface area (Å²) in [6.45, 7) is 5.27. The van der Waals surface area contributed by atoms with Crippen molar-refractivity contribution in [2.24, 2.45) is 5.92 Å². The summed E-state index contributed by atoms with van der Waals surface area (Å²) in [7, 11) is 0. The third kappa shape index (κ3) is 5.20. The van der Waals surface area contributed by atoms with E-state index in [-0.39, 0.29) is 48.1 Å². The number of nitrogens with one attached hydrogen (secondary N) is 2. The maximum Gasteiger partial charge on any atom is 0.251 e. The van der Waals surface area contributed by atoms with Gasteiger partial charge >= 0.3 is 0 Å². The summed E-state index contributed by atoms with van der Waals surface area (Å²) in [5.41, 5.74) is 1.52. The van der Waals surface area contributed by atoms with Crippen LogP contribution in [-0.2, 0) is 14.4 Å². The molecule has 3 aliphatic rings. The average Bonchev–Trinajstić information content (AvgIpc) is 3.69. The fourth-order valence-corrected chi connectivity index (χ4v) is 6.55. The van der Waals surface area contributed by atoms with Crippen molar-refractivity contribution in [3.05, 3.63) is 47.3 Å². The Morgan fingerprint density at radius 2 is 1.89 bits per heavy atom. The van der Waals surface area contributed by atoms with E-state index in [1.807, 2.05) is 43.5 Å². The largest absolute Gasteiger partial charge is 0.340 e. The summed E-state index contributed by atoms with van der Waals surface area (Å²) < 4.78 is 0. The van der Waals surface area contributed by atoms with Crippen LogP contribution in [0.25, 0.3) is 10.4 Å². The zero-order valence-corrected chi connectivity index (χ0v) is 22.1. The zero-order valence-electron chi connectivity index (χ0n) is 21.3. The Balaban J connectivity index is 1.28. The lowest BCUT2D eigenvalue weighted by atomic mass is 10.0. The number of hydrogen-bond donors (Lipinski definition) is 2. The van der Waals surface area contributed by atoms with Gasteiger partial charge in [-0.3, -0.25) is 19.2 Å². The molecule has 4 unspecified atom stereocenters. The lowest BCUT2D eigenvalue weighted by molar-refractivity contribution is -0.138. The second kappa shape index (κ2) is 10.8. The van der Waals surface area contributed by atoms with Crippen molar-refractivity contribution in [2.75, 3.05) is 19.6 Å². The van der Waals surface area contributed by atoms with E-state index in [1.165, 1.54) is 0 Å². The highest BCUT2D eigenvalue weighted by Crippen LogP contribution is 2.32. The monoisotopic (exact) mass is 522 g/mol. The molecule has 9 heteroatoms. The molecule has 3 fully saturated rings. The van der Waals surface area contributed by atoms with Crippen LogP contribution in [0.3, 0.4) is 0 Å². The number of amides is 3. The number of benzene rings is 1. The van der Waals surface area contributed by atoms with Crippen LogP contribution in [0.4, 0.5) is 0 Å². The first-order chi connectivity index (χ1) is 17.8. The molecule has 0 radical (unpaired) electrons. The Bertz CT molecular complexity index is 1160. The molecule has 0 aliphatic carbocycles. The molecule has 4 heterocycles. The van der Waals surface area contributed by atoms with Gasteiger partial charge in [-0.2, -0.15) is 0 Å². The first kappa shape index (κ1) is 25.6. The summed E-state index contributed by atoms with van der Waals surface area (Å²) >= 11 is 1.64. The van der Waals surface area contributed by atoms with Crippen molar-refractivity contribution in [1.82, 2.24) is 20.4 Å². The van der Waals surface area contributed by atoms with Gasteiger partial charge in [-0.05, 0) is 67.3 Å². The van der Waals surface area contributed by atoms with Gasteiger partial charge in [0.05, 0.1) is 18.6 Å². The normalized spacial score (nSPS) is 24.0. The molecule has 8 nitrogen and oxygen atoms in total. The molecule has 1 aromatic heterocycles. The second-order valence-electron chi connectivity index (χ2n) is 10.6. The van der Waals surface area contributed by atoms with Crippen LogP contribution in [0.2, 0.25) is 0 Å². The standard InChI is InChI=1S/C28H34N4O4S/c1-17(2)15-21(30-26(34)19-9-7-18(8-10-19)24-6-4-14-37-24)28(36)31-13-11-22-25(31)23(33)16-32(22)27(35)20-5-3-12-29-20/h4,6-10,14,17,20-22,25,29H,3,5,11-13,15-16H2,1-2H3,(H,30,34). The van der Waals surface area contributed by atoms with Gasteiger partial charge in [-0.25, -0.2) is 0 Å². The topological polar surface area (TPSA) is 98.8 Å². The van der Waals surface area contributed by atoms with Crippen molar-refractivity contribution in [1.29, 1.82) is 0 Å². The number of hydrogen-bond acceptors (Lipinski definition) is 6. The molecule has 3 saturated heterocycles. The van der Waals surface area contributed by atoms with Gasteiger partial charge in [0.15, 0.2) is 5.78 Å². The highest BCUT2D eigenvalue weighted by molar-refractivity contribution is 7.13. The SMILES string of the molecule is CC(C)CC(NC(=O)c1ccc(-c2cccs2)cc1)C(=O)N1CCC2C1C(=O)CN2C(=O)C1CCCN1. The number of carbonyl (C=O) groups is 4. The number of likely N-dealkylation sites (tertiary alicyclic amines) is 2. The first-order valence-electron chi connectivity index (χ1n) is 13.2. The number of carbonyl (C=O) groups excluding carboxylic acids is 4. The Hall–Kier alpha value is -3.04. The molecule has 4 atom stereocenters. The quantitative estimate of drug-likeness (QED) is 0.583. The summed E-state index contributed by atoms with van der Waals surface area (Å²) in [5, 5.41) is 8.17. The predicted octanol–water partition coefficient (Wildman–Crippen LogP) is 2.69. The van der Waals surface area contributed by atoms with Crippen LogP contribution in [0.1, 0.15) is 49.9 Å². The number of fused-ring (bicyclic) bond motifs is 1. The number of Topliss-reactive ketones (excluding diaryl/α,β-unsaturated/α-hetero) is 1. The average molecular weight is 523 g/mol. The molecule has 5 rings (SSSR count). The van der Waals surface area contributed by atoms with Crippen molar-refractivity contribution in [3.63, 3.8) is 0 Å². The molecule has 1 aromatic carbocycles. The van der Waals surface area contributed by atoms with Gasteiger partial charge in [0.25, 0.3) is 5.91 Å². The van der Waals surface area contributed by atoms with E-state index in [9.17, 15) is 19.2 Å². The first-order valence-corrected chi connectivity index (χ1v) is 14.0. The molecule has 3 amide bonds. The summed E-state index contributed by atoms with van der Waals surface area (Å²) in [4.78, 5) is 57.3. The van der Waals surface area contributed by atoms with Crippen LogP contribution in [0.5, 0.6) is 0 Å². The number of ketones is 1. The lowest BCUT2D eigenvalue weighted by Gasteiger charge is -2.29. The molecule has 0 spiro atoms. The lowest BCUT2D eigenvalue weighted by Crippen LogP contribution is -2.53. The number of rotatable bonds is 7. The van der Waals surface area contributed by atoms with Gasteiger partial charge < -0.3 is 20.4 Å². The molecule has 0 saturated carbocycles. The van der Waals surface area contributed by atoms with E-state index in [0.29, 0.717) is 24.9 Å². The Kier molecular flexibility index (Phi) is 7.44. The summed E-state index contributed by atoms with van der Waals surface area (Å²) in [6, 6.07) is 9.49. The van der Waals surface area contributed by atoms with Gasteiger partial charge in [0.2, 0.25) is 11.8 Å². The van der Waals surface area contributed by atoms with Crippen LogP contribution in [0.15, 0.2) is 41.8 Å². The second-order valence-corrected chi connectivity index (χ2v) is 11.6. The molecule has 3 aliphatic heterocycles. The van der Waals surface area contributed by atoms with E-state index < -0.39 is 12.1 Å². The van der Waals surface area contributed by atoms with Crippen LogP contribution < -0.4 is 10.6 Å². The summed E-state index contributed by atoms with van der Waals surface area (Å²) in [6.07, 6.45) is 2.77. The minimum absolute atomic E-state index is 0.0364. The molecule has 37 heavy (non-hydrogen) atoms. The van der Waals surface area contributed by atoms with Gasteiger partial charge in [0.1, 0.15) is 12.1 Å². The van der Waals surface area contributed by atoms with Crippen molar-refractivity contribution in [3.8, 4) is 10.4 Å². The smallest absolute Gasteiger partial charge is 0.251 e. The van der Waals surface area contributed by atoms with Crippen molar-refractivity contribution >= 4 is 34.8 Å². The van der Waals surface area contributed by atoms with E-state index in [4.69, 9.17) is 0 Å². The Morgan fingerprint density at radius 1 is 1.11 bits per heavy atom. The number of thiophene rings is 1. The fourth-order valence-electron chi connectivity index (χ4n) is 5.82. The number of nitrogens with zero attached hydrogens (tertiary/aromatic N) is 2. The molecule has 2 N–H and O–H groups in total. The van der Waals surface area contributed by atoms with Crippen LogP contribution >= 0.6 is 11.3 Å². The van der Waals surface area contributed by atoms with Crippen molar-refractivity contribution in [2.45, 2.75) is 63.7 Å². The highest BCUT2D eigenvalue weighted by Gasteiger charge is 2.53. The Labute approximate surface area is 221 Å². The molecule has 196 valence electrons. The minimum atomic E-state index is -0.739. The zero-order chi connectivity index (χ0) is 26.1. The third-order valence-corrected chi connectivity index (χ3v) is 8.53. The third-order valence-electron chi connectivity index (χ3n) is 7.61. The Morgan fingerprint density at radius 3 is 2.54 bits per heavy atom. The maximum absolute atomic E-state index is 13.7. The maximum atomic E-state index is 13.7. The van der Waals surface area contributed by atoms with E-state index >= 15 is 0 Å². The van der Waals surface area contributed by atoms with Crippen LogP contribution in [0, 0.1) is 5.92 Å². The van der Waals surface area contributed by atoms with Gasteiger partial charge in [-0.15, -0.1) is 11.3 Å².